The van der Waals surface area contributed by atoms with Crippen LogP contribution in [0.1, 0.15) is 17.7 Å². The van der Waals surface area contributed by atoms with Crippen LogP contribution in [-0.2, 0) is 16.4 Å². The number of sulfonamides is 1. The first-order chi connectivity index (χ1) is 9.45. The molecule has 7 heteroatoms. The molecule has 0 unspecified atom stereocenters. The predicted molar refractivity (Wildman–Crippen MR) is 84.2 cm³/mol. The average molecular weight is 337 g/mol. The van der Waals surface area contributed by atoms with E-state index in [-0.39, 0.29) is 0 Å². The summed E-state index contributed by atoms with van der Waals surface area (Å²) in [6.45, 7) is 1.21. The van der Waals surface area contributed by atoms with Crippen LogP contribution in [0.3, 0.4) is 0 Å². The van der Waals surface area contributed by atoms with Gasteiger partial charge in [-0.3, -0.25) is 0 Å². The number of thiophene rings is 1. The molecule has 20 heavy (non-hydrogen) atoms. The van der Waals surface area contributed by atoms with E-state index in [4.69, 9.17) is 11.6 Å². The van der Waals surface area contributed by atoms with Crippen LogP contribution in [-0.4, -0.2) is 56.7 Å². The van der Waals surface area contributed by atoms with Crippen molar-refractivity contribution in [3.8, 4) is 0 Å². The normalized spacial score (nSPS) is 18.8. The summed E-state index contributed by atoms with van der Waals surface area (Å²) >= 11 is 7.04. The highest BCUT2D eigenvalue weighted by Crippen LogP contribution is 2.28. The molecule has 0 amide bonds. The van der Waals surface area contributed by atoms with Gasteiger partial charge in [0.15, 0.2) is 0 Å². The molecule has 0 N–H and O–H groups in total. The first-order valence-electron chi connectivity index (χ1n) is 6.76. The molecule has 1 aromatic rings. The molecule has 1 aromatic heterocycles. The van der Waals surface area contributed by atoms with Crippen molar-refractivity contribution < 1.29 is 8.42 Å². The van der Waals surface area contributed by atoms with Crippen LogP contribution < -0.4 is 0 Å². The lowest BCUT2D eigenvalue weighted by atomic mass is 10.1. The highest BCUT2D eigenvalue weighted by molar-refractivity contribution is 7.91. The summed E-state index contributed by atoms with van der Waals surface area (Å²) in [5.74, 6) is 0.522. The van der Waals surface area contributed by atoms with Crippen LogP contribution in [0.25, 0.3) is 0 Å². The Morgan fingerprint density at radius 3 is 2.55 bits per heavy atom. The summed E-state index contributed by atoms with van der Waals surface area (Å²) in [6.07, 6.45) is 2.52. The third-order valence-electron chi connectivity index (χ3n) is 3.73. The Morgan fingerprint density at radius 2 is 2.00 bits per heavy atom. The Hall–Kier alpha value is -0.140. The molecule has 1 saturated heterocycles. The van der Waals surface area contributed by atoms with Crippen molar-refractivity contribution in [2.45, 2.75) is 29.5 Å². The molecule has 0 bridgehead atoms. The summed E-state index contributed by atoms with van der Waals surface area (Å²) in [5, 5.41) is 0. The molecular formula is C13H21ClN2O2S2. The molecular weight excluding hydrogens is 316 g/mol. The Balaban J connectivity index is 2.07. The van der Waals surface area contributed by atoms with Crippen molar-refractivity contribution in [1.82, 2.24) is 9.21 Å². The second-order valence-corrected chi connectivity index (χ2v) is 8.97. The van der Waals surface area contributed by atoms with Crippen molar-refractivity contribution in [1.29, 1.82) is 0 Å². The maximum absolute atomic E-state index is 12.6. The number of nitrogens with zero attached hydrogens (tertiary/aromatic N) is 2. The first-order valence-corrected chi connectivity index (χ1v) is 9.55. The van der Waals surface area contributed by atoms with Gasteiger partial charge in [0, 0.05) is 29.9 Å². The number of piperidine rings is 1. The zero-order valence-corrected chi connectivity index (χ0v) is 14.3. The van der Waals surface area contributed by atoms with E-state index in [0.29, 0.717) is 29.2 Å². The Bertz CT molecular complexity index is 534. The summed E-state index contributed by atoms with van der Waals surface area (Å²) in [4.78, 5) is 3.20. The topological polar surface area (TPSA) is 40.6 Å². The fourth-order valence-electron chi connectivity index (χ4n) is 2.45. The monoisotopic (exact) mass is 336 g/mol. The lowest BCUT2D eigenvalue weighted by molar-refractivity contribution is 0.197. The van der Waals surface area contributed by atoms with Crippen LogP contribution >= 0.6 is 22.9 Å². The van der Waals surface area contributed by atoms with Gasteiger partial charge in [-0.2, -0.15) is 4.31 Å². The number of aryl methyl sites for hydroxylation is 1. The molecule has 0 radical (unpaired) electrons. The second kappa shape index (κ2) is 6.75. The largest absolute Gasteiger partial charge is 0.306 e. The Morgan fingerprint density at radius 1 is 1.35 bits per heavy atom. The zero-order chi connectivity index (χ0) is 14.8. The van der Waals surface area contributed by atoms with Crippen LogP contribution in [0.2, 0.25) is 0 Å². The van der Waals surface area contributed by atoms with Crippen molar-refractivity contribution in [3.63, 3.8) is 0 Å². The quantitative estimate of drug-likeness (QED) is 0.774. The maximum atomic E-state index is 12.6. The predicted octanol–water partition coefficient (Wildman–Crippen LogP) is 2.24. The van der Waals surface area contributed by atoms with Gasteiger partial charge in [0.05, 0.1) is 0 Å². The van der Waals surface area contributed by atoms with Crippen LogP contribution in [0.4, 0.5) is 0 Å². The second-order valence-electron chi connectivity index (χ2n) is 5.26. The molecule has 2 heterocycles. The van der Waals surface area contributed by atoms with E-state index in [1.165, 1.54) is 11.3 Å². The highest BCUT2D eigenvalue weighted by Gasteiger charge is 2.30. The van der Waals surface area contributed by atoms with E-state index < -0.39 is 10.0 Å². The summed E-state index contributed by atoms with van der Waals surface area (Å²) < 4.78 is 27.2. The molecule has 1 aliphatic heterocycles. The van der Waals surface area contributed by atoms with E-state index in [2.05, 4.69) is 4.90 Å². The molecule has 0 atom stereocenters. The highest BCUT2D eigenvalue weighted by atomic mass is 35.5. The standard InChI is InChI=1S/C13H21ClN2O2S2/c1-15(2)11-6-9-16(10-7-11)20(17,18)13-4-3-12(19-13)5-8-14/h3-4,11H,5-10H2,1-2H3. The molecule has 0 aliphatic carbocycles. The first kappa shape index (κ1) is 16.2. The minimum atomic E-state index is -3.32. The average Bonchev–Trinajstić information content (AvgIpc) is 2.88. The molecule has 4 nitrogen and oxygen atoms in total. The van der Waals surface area contributed by atoms with Gasteiger partial charge in [0.2, 0.25) is 0 Å². The summed E-state index contributed by atoms with van der Waals surface area (Å²) in [5.41, 5.74) is 0. The minimum absolute atomic E-state index is 0.445. The summed E-state index contributed by atoms with van der Waals surface area (Å²) in [7, 11) is 0.778. The molecule has 1 aliphatic rings. The van der Waals surface area contributed by atoms with Crippen molar-refractivity contribution >= 4 is 33.0 Å². The fraction of sp³-hybridized carbons (Fsp3) is 0.692. The molecule has 0 spiro atoms. The van der Waals surface area contributed by atoms with Gasteiger partial charge in [0.1, 0.15) is 4.21 Å². The van der Waals surface area contributed by atoms with Crippen LogP contribution in [0.15, 0.2) is 16.3 Å². The molecule has 0 aromatic carbocycles. The van der Waals surface area contributed by atoms with Gasteiger partial charge in [-0.25, -0.2) is 8.42 Å². The minimum Gasteiger partial charge on any atom is -0.306 e. The van der Waals surface area contributed by atoms with Gasteiger partial charge >= 0.3 is 0 Å². The van der Waals surface area contributed by atoms with Crippen LogP contribution in [0.5, 0.6) is 0 Å². The third kappa shape index (κ3) is 3.54. The van der Waals surface area contributed by atoms with Crippen molar-refractivity contribution in [2.24, 2.45) is 0 Å². The van der Waals surface area contributed by atoms with E-state index >= 15 is 0 Å². The fourth-order valence-corrected chi connectivity index (χ4v) is 5.75. The molecule has 114 valence electrons. The number of alkyl halides is 1. The SMILES string of the molecule is CN(C)C1CCN(S(=O)(=O)c2ccc(CCCl)s2)CC1. The lowest BCUT2D eigenvalue weighted by Gasteiger charge is -2.34. The molecule has 1 fully saturated rings. The Kier molecular flexibility index (Phi) is 5.48. The summed E-state index contributed by atoms with van der Waals surface area (Å²) in [6, 6.07) is 4.06. The maximum Gasteiger partial charge on any atom is 0.252 e. The van der Waals surface area contributed by atoms with Gasteiger partial charge in [-0.1, -0.05) is 0 Å². The molecule has 2 rings (SSSR count). The third-order valence-corrected chi connectivity index (χ3v) is 7.43. The smallest absolute Gasteiger partial charge is 0.252 e. The lowest BCUT2D eigenvalue weighted by Crippen LogP contribution is -2.44. The molecule has 0 saturated carbocycles. The van der Waals surface area contributed by atoms with Gasteiger partial charge in [-0.05, 0) is 45.5 Å². The zero-order valence-electron chi connectivity index (χ0n) is 11.9. The van der Waals surface area contributed by atoms with Crippen LogP contribution in [0, 0.1) is 0 Å². The van der Waals surface area contributed by atoms with Gasteiger partial charge in [-0.15, -0.1) is 22.9 Å². The number of hydrogen-bond acceptors (Lipinski definition) is 4. The number of rotatable bonds is 5. The van der Waals surface area contributed by atoms with E-state index in [0.717, 1.165) is 24.1 Å². The van der Waals surface area contributed by atoms with Crippen molar-refractivity contribution in [2.75, 3.05) is 33.1 Å². The van der Waals surface area contributed by atoms with E-state index in [1.807, 2.05) is 20.2 Å². The number of hydrogen-bond donors (Lipinski definition) is 0. The van der Waals surface area contributed by atoms with Gasteiger partial charge in [0.25, 0.3) is 10.0 Å². The van der Waals surface area contributed by atoms with E-state index in [9.17, 15) is 8.42 Å². The van der Waals surface area contributed by atoms with Crippen molar-refractivity contribution in [3.05, 3.63) is 17.0 Å². The van der Waals surface area contributed by atoms with Gasteiger partial charge < -0.3 is 4.90 Å². The number of halogens is 1. The Labute approximate surface area is 130 Å². The van der Waals surface area contributed by atoms with E-state index in [1.54, 1.807) is 10.4 Å².